The van der Waals surface area contributed by atoms with Gasteiger partial charge in [-0.2, -0.15) is 0 Å². The molecule has 0 radical (unpaired) electrons. The van der Waals surface area contributed by atoms with E-state index in [1.807, 2.05) is 0 Å². The van der Waals surface area contributed by atoms with Gasteiger partial charge >= 0.3 is 0 Å². The molecule has 0 spiro atoms. The third-order valence-electron chi connectivity index (χ3n) is 5.13. The zero-order valence-electron chi connectivity index (χ0n) is 15.8. The molecule has 1 aromatic rings. The van der Waals surface area contributed by atoms with Crippen molar-refractivity contribution in [2.24, 2.45) is 0 Å². The number of nitrogens with one attached hydrogen (secondary N) is 1. The SMILES string of the molecule is C=C1CCCC/C1=C(\NCCCCCCCC)c1ccccc1C. The van der Waals surface area contributed by atoms with Gasteiger partial charge in [0.05, 0.1) is 0 Å². The zero-order chi connectivity index (χ0) is 17.2. The maximum atomic E-state index is 4.35. The molecule has 2 rings (SSSR count). The van der Waals surface area contributed by atoms with E-state index >= 15 is 0 Å². The number of hydrogen-bond acceptors (Lipinski definition) is 1. The van der Waals surface area contributed by atoms with Crippen LogP contribution in [0.25, 0.3) is 5.70 Å². The summed E-state index contributed by atoms with van der Waals surface area (Å²) in [6.07, 6.45) is 13.0. The molecule has 1 saturated carbocycles. The number of aryl methyl sites for hydroxylation is 1. The highest BCUT2D eigenvalue weighted by Gasteiger charge is 2.17. The van der Waals surface area contributed by atoms with Crippen molar-refractivity contribution in [3.63, 3.8) is 0 Å². The summed E-state index contributed by atoms with van der Waals surface area (Å²) in [5, 5.41) is 3.79. The van der Waals surface area contributed by atoms with Crippen molar-refractivity contribution in [2.45, 2.75) is 78.1 Å². The first-order valence-electron chi connectivity index (χ1n) is 9.95. The highest BCUT2D eigenvalue weighted by atomic mass is 14.9. The molecule has 24 heavy (non-hydrogen) atoms. The van der Waals surface area contributed by atoms with Gasteiger partial charge in [-0.05, 0) is 55.7 Å². The fourth-order valence-electron chi connectivity index (χ4n) is 3.61. The van der Waals surface area contributed by atoms with Gasteiger partial charge in [-0.3, -0.25) is 0 Å². The maximum absolute atomic E-state index is 4.35. The lowest BCUT2D eigenvalue weighted by Crippen LogP contribution is -2.18. The lowest BCUT2D eigenvalue weighted by atomic mass is 9.87. The molecule has 1 N–H and O–H groups in total. The van der Waals surface area contributed by atoms with E-state index in [9.17, 15) is 0 Å². The Bertz CT molecular complexity index is 553. The largest absolute Gasteiger partial charge is 0.384 e. The topological polar surface area (TPSA) is 12.0 Å². The van der Waals surface area contributed by atoms with Gasteiger partial charge in [0.25, 0.3) is 0 Å². The second-order valence-corrected chi connectivity index (χ2v) is 7.17. The van der Waals surface area contributed by atoms with Crippen LogP contribution in [0.2, 0.25) is 0 Å². The summed E-state index contributed by atoms with van der Waals surface area (Å²) in [5.41, 5.74) is 6.89. The highest BCUT2D eigenvalue weighted by molar-refractivity contribution is 5.73. The molecule has 132 valence electrons. The molecule has 1 aliphatic carbocycles. The Hall–Kier alpha value is -1.50. The van der Waals surface area contributed by atoms with E-state index in [4.69, 9.17) is 0 Å². The molecule has 1 fully saturated rings. The van der Waals surface area contributed by atoms with Crippen LogP contribution in [-0.4, -0.2) is 6.54 Å². The number of benzene rings is 1. The molecule has 1 nitrogen and oxygen atoms in total. The predicted molar refractivity (Wildman–Crippen MR) is 107 cm³/mol. The van der Waals surface area contributed by atoms with Crippen molar-refractivity contribution in [1.82, 2.24) is 5.32 Å². The minimum absolute atomic E-state index is 1.08. The quantitative estimate of drug-likeness (QED) is 0.493. The first kappa shape index (κ1) is 18.8. The maximum Gasteiger partial charge on any atom is 0.0451 e. The molecule has 1 aliphatic rings. The molecule has 0 atom stereocenters. The van der Waals surface area contributed by atoms with E-state index in [0.717, 1.165) is 13.0 Å². The van der Waals surface area contributed by atoms with Gasteiger partial charge in [0.1, 0.15) is 0 Å². The number of unbranched alkanes of at least 4 members (excludes halogenated alkanes) is 5. The Labute approximate surface area is 149 Å². The molecule has 0 bridgehead atoms. The van der Waals surface area contributed by atoms with Crippen molar-refractivity contribution >= 4 is 5.70 Å². The van der Waals surface area contributed by atoms with E-state index < -0.39 is 0 Å². The Kier molecular flexibility index (Phi) is 8.15. The Morgan fingerprint density at radius 2 is 1.71 bits per heavy atom. The third kappa shape index (κ3) is 5.54. The summed E-state index contributed by atoms with van der Waals surface area (Å²) in [4.78, 5) is 0. The van der Waals surface area contributed by atoms with Crippen LogP contribution in [0.4, 0.5) is 0 Å². The Morgan fingerprint density at radius 1 is 1.00 bits per heavy atom. The van der Waals surface area contributed by atoms with Crippen molar-refractivity contribution in [3.05, 3.63) is 53.1 Å². The summed E-state index contributed by atoms with van der Waals surface area (Å²) in [6, 6.07) is 8.76. The van der Waals surface area contributed by atoms with Gasteiger partial charge in [0.2, 0.25) is 0 Å². The van der Waals surface area contributed by atoms with Gasteiger partial charge in [-0.15, -0.1) is 0 Å². The minimum Gasteiger partial charge on any atom is -0.384 e. The molecular formula is C23H35N. The summed E-state index contributed by atoms with van der Waals surface area (Å²) in [6.45, 7) is 9.92. The monoisotopic (exact) mass is 325 g/mol. The highest BCUT2D eigenvalue weighted by Crippen LogP contribution is 2.33. The van der Waals surface area contributed by atoms with Crippen molar-refractivity contribution in [1.29, 1.82) is 0 Å². The Morgan fingerprint density at radius 3 is 2.46 bits per heavy atom. The zero-order valence-corrected chi connectivity index (χ0v) is 15.8. The van der Waals surface area contributed by atoms with Gasteiger partial charge < -0.3 is 5.32 Å². The second-order valence-electron chi connectivity index (χ2n) is 7.17. The molecule has 0 heterocycles. The predicted octanol–water partition coefficient (Wildman–Crippen LogP) is 6.79. The summed E-state index contributed by atoms with van der Waals surface area (Å²) in [5.74, 6) is 0. The standard InChI is InChI=1S/C23H35N/c1-4-5-6-7-8-13-18-24-23(21-16-11-9-14-19(21)2)22-17-12-10-15-20(22)3/h10,12,15,17,24H,2,4-9,11,13-14,16,18H2,1,3H3/b23-21+. The van der Waals surface area contributed by atoms with Crippen molar-refractivity contribution < 1.29 is 0 Å². The number of allylic oxidation sites excluding steroid dienone is 2. The van der Waals surface area contributed by atoms with E-state index in [0.29, 0.717) is 0 Å². The number of hydrogen-bond donors (Lipinski definition) is 1. The molecular weight excluding hydrogens is 290 g/mol. The third-order valence-corrected chi connectivity index (χ3v) is 5.13. The van der Waals surface area contributed by atoms with Crippen LogP contribution in [0, 0.1) is 6.92 Å². The molecule has 1 heteroatoms. The first-order valence-corrected chi connectivity index (χ1v) is 9.95. The average molecular weight is 326 g/mol. The van der Waals surface area contributed by atoms with E-state index in [1.54, 1.807) is 0 Å². The molecule has 0 saturated heterocycles. The van der Waals surface area contributed by atoms with Crippen LogP contribution in [0.5, 0.6) is 0 Å². The van der Waals surface area contributed by atoms with Gasteiger partial charge in [0.15, 0.2) is 0 Å². The van der Waals surface area contributed by atoms with Crippen LogP contribution in [0.15, 0.2) is 42.0 Å². The van der Waals surface area contributed by atoms with Crippen LogP contribution < -0.4 is 5.32 Å². The summed E-state index contributed by atoms with van der Waals surface area (Å²) < 4.78 is 0. The fraction of sp³-hybridized carbons (Fsp3) is 0.565. The van der Waals surface area contributed by atoms with E-state index in [2.05, 4.69) is 50.0 Å². The fourth-order valence-corrected chi connectivity index (χ4v) is 3.61. The minimum atomic E-state index is 1.08. The summed E-state index contributed by atoms with van der Waals surface area (Å²) in [7, 11) is 0. The van der Waals surface area contributed by atoms with Gasteiger partial charge in [-0.1, -0.05) is 69.9 Å². The van der Waals surface area contributed by atoms with E-state index in [1.165, 1.54) is 85.8 Å². The van der Waals surface area contributed by atoms with Crippen LogP contribution in [0.3, 0.4) is 0 Å². The smallest absolute Gasteiger partial charge is 0.0451 e. The summed E-state index contributed by atoms with van der Waals surface area (Å²) >= 11 is 0. The Balaban J connectivity index is 2.03. The molecule has 0 amide bonds. The number of rotatable bonds is 9. The van der Waals surface area contributed by atoms with Crippen LogP contribution >= 0.6 is 0 Å². The van der Waals surface area contributed by atoms with Gasteiger partial charge in [-0.25, -0.2) is 0 Å². The van der Waals surface area contributed by atoms with E-state index in [-0.39, 0.29) is 0 Å². The van der Waals surface area contributed by atoms with Crippen molar-refractivity contribution in [3.8, 4) is 0 Å². The van der Waals surface area contributed by atoms with Crippen LogP contribution in [0.1, 0.15) is 82.3 Å². The molecule has 0 aliphatic heterocycles. The lowest BCUT2D eigenvalue weighted by Gasteiger charge is -2.24. The van der Waals surface area contributed by atoms with Crippen LogP contribution in [-0.2, 0) is 0 Å². The normalized spacial score (nSPS) is 17.0. The average Bonchev–Trinajstić information content (AvgIpc) is 2.59. The van der Waals surface area contributed by atoms with Gasteiger partial charge in [0, 0.05) is 17.8 Å². The first-order chi connectivity index (χ1) is 11.7. The molecule has 0 aromatic heterocycles. The second kappa shape index (κ2) is 10.4. The molecule has 0 unspecified atom stereocenters. The molecule has 1 aromatic carbocycles. The lowest BCUT2D eigenvalue weighted by molar-refractivity contribution is 0.598. The van der Waals surface area contributed by atoms with Crippen molar-refractivity contribution in [2.75, 3.05) is 6.54 Å².